The van der Waals surface area contributed by atoms with Crippen LogP contribution in [0.15, 0.2) is 42.5 Å². The third kappa shape index (κ3) is 4.14. The van der Waals surface area contributed by atoms with Crippen LogP contribution >= 0.6 is 0 Å². The Morgan fingerprint density at radius 2 is 1.93 bits per heavy atom. The van der Waals surface area contributed by atoms with Gasteiger partial charge in [-0.25, -0.2) is 4.79 Å². The van der Waals surface area contributed by atoms with Crippen LogP contribution in [0, 0.1) is 0 Å². The predicted octanol–water partition coefficient (Wildman–Crippen LogP) is 2.26. The molecule has 1 atom stereocenters. The lowest BCUT2D eigenvalue weighted by Gasteiger charge is -2.13. The van der Waals surface area contributed by atoms with E-state index >= 15 is 0 Å². The average Bonchev–Trinajstić information content (AvgIpc) is 3.32. The Bertz CT molecular complexity index is 975. The van der Waals surface area contributed by atoms with Gasteiger partial charge >= 0.3 is 6.03 Å². The number of nitrogens with one attached hydrogen (secondary N) is 2. The van der Waals surface area contributed by atoms with Gasteiger partial charge in [0.2, 0.25) is 12.7 Å². The van der Waals surface area contributed by atoms with Gasteiger partial charge in [-0.15, -0.1) is 0 Å². The summed E-state index contributed by atoms with van der Waals surface area (Å²) in [5, 5.41) is 5.41. The molecule has 1 fully saturated rings. The van der Waals surface area contributed by atoms with E-state index in [1.807, 2.05) is 0 Å². The van der Waals surface area contributed by atoms with E-state index in [0.717, 1.165) is 10.5 Å². The van der Waals surface area contributed by atoms with Crippen molar-refractivity contribution in [3.8, 4) is 17.2 Å². The zero-order chi connectivity index (χ0) is 21.1. The lowest BCUT2D eigenvalue weighted by atomic mass is 10.1. The monoisotopic (exact) mass is 411 g/mol. The van der Waals surface area contributed by atoms with Crippen molar-refractivity contribution in [1.82, 2.24) is 10.2 Å². The van der Waals surface area contributed by atoms with Crippen LogP contribution < -0.4 is 24.8 Å². The van der Waals surface area contributed by atoms with Crippen LogP contribution in [0.4, 0.5) is 10.5 Å². The molecule has 2 heterocycles. The van der Waals surface area contributed by atoms with Gasteiger partial charge in [-0.1, -0.05) is 6.07 Å². The number of nitrogens with zero attached hydrogens (tertiary/aromatic N) is 1. The number of urea groups is 1. The first kappa shape index (κ1) is 19.6. The van der Waals surface area contributed by atoms with Crippen molar-refractivity contribution in [1.29, 1.82) is 0 Å². The van der Waals surface area contributed by atoms with Gasteiger partial charge in [-0.2, -0.15) is 0 Å². The number of carbonyl (C=O) groups is 3. The van der Waals surface area contributed by atoms with Crippen molar-refractivity contribution in [3.05, 3.63) is 48.0 Å². The van der Waals surface area contributed by atoms with Crippen molar-refractivity contribution in [2.45, 2.75) is 25.4 Å². The topological polar surface area (TPSA) is 106 Å². The largest absolute Gasteiger partial charge is 0.497 e. The van der Waals surface area contributed by atoms with Gasteiger partial charge in [0.25, 0.3) is 5.91 Å². The molecule has 1 unspecified atom stereocenters. The van der Waals surface area contributed by atoms with E-state index in [9.17, 15) is 14.4 Å². The number of rotatable bonds is 7. The van der Waals surface area contributed by atoms with E-state index < -0.39 is 12.1 Å². The van der Waals surface area contributed by atoms with Crippen LogP contribution in [-0.4, -0.2) is 42.7 Å². The molecule has 0 aromatic heterocycles. The van der Waals surface area contributed by atoms with Crippen molar-refractivity contribution < 1.29 is 28.6 Å². The first-order valence-corrected chi connectivity index (χ1v) is 9.48. The summed E-state index contributed by atoms with van der Waals surface area (Å²) in [7, 11) is 1.57. The summed E-state index contributed by atoms with van der Waals surface area (Å²) in [5.74, 6) is 1.32. The summed E-state index contributed by atoms with van der Waals surface area (Å²) < 4.78 is 15.7. The van der Waals surface area contributed by atoms with E-state index in [4.69, 9.17) is 14.2 Å². The Hall–Kier alpha value is -3.75. The Morgan fingerprint density at radius 1 is 1.17 bits per heavy atom. The van der Waals surface area contributed by atoms with Gasteiger partial charge < -0.3 is 24.8 Å². The molecule has 0 saturated carbocycles. The molecule has 156 valence electrons. The predicted molar refractivity (Wildman–Crippen MR) is 106 cm³/mol. The first-order valence-electron chi connectivity index (χ1n) is 9.48. The smallest absolute Gasteiger partial charge is 0.325 e. The molecule has 9 heteroatoms. The molecule has 2 aliphatic heterocycles. The summed E-state index contributed by atoms with van der Waals surface area (Å²) in [4.78, 5) is 38.2. The van der Waals surface area contributed by atoms with Gasteiger partial charge in [-0.05, 0) is 48.4 Å². The fraction of sp³-hybridized carbons (Fsp3) is 0.286. The summed E-state index contributed by atoms with van der Waals surface area (Å²) in [6.45, 7) is 0.276. The molecule has 2 aromatic carbocycles. The molecule has 2 aliphatic rings. The fourth-order valence-electron chi connectivity index (χ4n) is 3.32. The summed E-state index contributed by atoms with van der Waals surface area (Å²) in [6.07, 6.45) is 0.310. The highest BCUT2D eigenvalue weighted by Gasteiger charge is 2.38. The normalized spacial score (nSPS) is 17.1. The van der Waals surface area contributed by atoms with Crippen LogP contribution in [-0.2, 0) is 16.1 Å². The maximum Gasteiger partial charge on any atom is 0.325 e. The number of fused-ring (bicyclic) bond motifs is 1. The minimum Gasteiger partial charge on any atom is -0.497 e. The fourth-order valence-corrected chi connectivity index (χ4v) is 3.32. The second kappa shape index (κ2) is 8.32. The molecule has 2 N–H and O–H groups in total. The third-order valence-corrected chi connectivity index (χ3v) is 4.92. The quantitative estimate of drug-likeness (QED) is 0.677. The Morgan fingerprint density at radius 3 is 2.70 bits per heavy atom. The highest BCUT2D eigenvalue weighted by atomic mass is 16.7. The molecule has 0 aliphatic carbocycles. The SMILES string of the molecule is COc1ccc(NC(=O)CCC2NC(=O)N(Cc3ccc4c(c3)OCO4)C2=O)cc1. The number of methoxy groups -OCH3 is 1. The average molecular weight is 411 g/mol. The van der Waals surface area contributed by atoms with Crippen LogP contribution in [0.25, 0.3) is 0 Å². The number of amides is 4. The Balaban J connectivity index is 1.30. The van der Waals surface area contributed by atoms with Crippen LogP contribution in [0.5, 0.6) is 17.2 Å². The number of hydrogen-bond acceptors (Lipinski definition) is 6. The maximum absolute atomic E-state index is 12.6. The molecular weight excluding hydrogens is 390 g/mol. The summed E-state index contributed by atoms with van der Waals surface area (Å²) in [5.41, 5.74) is 1.38. The molecule has 0 radical (unpaired) electrons. The molecule has 0 bridgehead atoms. The molecule has 4 amide bonds. The van der Waals surface area contributed by atoms with E-state index in [1.165, 1.54) is 0 Å². The second-order valence-electron chi connectivity index (χ2n) is 6.93. The van der Waals surface area contributed by atoms with Crippen LogP contribution in [0.1, 0.15) is 18.4 Å². The standard InChI is InChI=1S/C21H21N3O6/c1-28-15-5-3-14(4-6-15)22-19(25)9-7-16-20(26)24(21(27)23-16)11-13-2-8-17-18(10-13)30-12-29-17/h2-6,8,10,16H,7,9,11-12H2,1H3,(H,22,25)(H,23,27). The summed E-state index contributed by atoms with van der Waals surface area (Å²) in [6, 6.07) is 11.0. The lowest BCUT2D eigenvalue weighted by molar-refractivity contribution is -0.128. The van der Waals surface area contributed by atoms with Gasteiger partial charge in [0.1, 0.15) is 11.8 Å². The van der Waals surface area contributed by atoms with Crippen molar-refractivity contribution >= 4 is 23.5 Å². The number of carbonyl (C=O) groups excluding carboxylic acids is 3. The molecule has 9 nitrogen and oxygen atoms in total. The Labute approximate surface area is 172 Å². The number of anilines is 1. The van der Waals surface area contributed by atoms with Crippen LogP contribution in [0.3, 0.4) is 0 Å². The maximum atomic E-state index is 12.6. The number of ether oxygens (including phenoxy) is 3. The van der Waals surface area contributed by atoms with Gasteiger partial charge in [-0.3, -0.25) is 14.5 Å². The highest BCUT2D eigenvalue weighted by Crippen LogP contribution is 2.33. The van der Waals surface area contributed by atoms with E-state index in [2.05, 4.69) is 10.6 Å². The van der Waals surface area contributed by atoms with Crippen molar-refractivity contribution in [3.63, 3.8) is 0 Å². The van der Waals surface area contributed by atoms with Gasteiger partial charge in [0.05, 0.1) is 13.7 Å². The second-order valence-corrected chi connectivity index (χ2v) is 6.93. The molecule has 2 aromatic rings. The van der Waals surface area contributed by atoms with Crippen LogP contribution in [0.2, 0.25) is 0 Å². The van der Waals surface area contributed by atoms with Gasteiger partial charge in [0.15, 0.2) is 11.5 Å². The molecular formula is C21H21N3O6. The van der Waals surface area contributed by atoms with Crippen molar-refractivity contribution in [2.24, 2.45) is 0 Å². The van der Waals surface area contributed by atoms with Crippen molar-refractivity contribution in [2.75, 3.05) is 19.2 Å². The highest BCUT2D eigenvalue weighted by molar-refractivity contribution is 6.04. The third-order valence-electron chi connectivity index (χ3n) is 4.92. The molecule has 0 spiro atoms. The van der Waals surface area contributed by atoms with E-state index in [-0.39, 0.29) is 38.0 Å². The zero-order valence-electron chi connectivity index (χ0n) is 16.3. The number of imide groups is 1. The van der Waals surface area contributed by atoms with E-state index in [0.29, 0.717) is 22.9 Å². The molecule has 30 heavy (non-hydrogen) atoms. The zero-order valence-corrected chi connectivity index (χ0v) is 16.3. The Kier molecular flexibility index (Phi) is 5.42. The number of benzene rings is 2. The lowest BCUT2D eigenvalue weighted by Crippen LogP contribution is -2.31. The first-order chi connectivity index (χ1) is 14.5. The van der Waals surface area contributed by atoms with Gasteiger partial charge in [0, 0.05) is 12.1 Å². The molecule has 1 saturated heterocycles. The summed E-state index contributed by atoms with van der Waals surface area (Å²) >= 11 is 0. The number of hydrogen-bond donors (Lipinski definition) is 2. The molecule has 4 rings (SSSR count). The minimum absolute atomic E-state index is 0.0978. The minimum atomic E-state index is -0.729. The van der Waals surface area contributed by atoms with E-state index in [1.54, 1.807) is 49.6 Å².